The Morgan fingerprint density at radius 1 is 1.26 bits per heavy atom. The van der Waals surface area contributed by atoms with Crippen LogP contribution < -0.4 is 10.9 Å². The average Bonchev–Trinajstić information content (AvgIpc) is 2.52. The van der Waals surface area contributed by atoms with E-state index in [0.29, 0.717) is 16.6 Å². The minimum atomic E-state index is -0.353. The van der Waals surface area contributed by atoms with Gasteiger partial charge in [0.25, 0.3) is 11.5 Å². The summed E-state index contributed by atoms with van der Waals surface area (Å²) in [5.74, 6) is -0.353. The van der Waals surface area contributed by atoms with Crippen molar-refractivity contribution >= 4 is 29.1 Å². The van der Waals surface area contributed by atoms with Crippen molar-refractivity contribution in [2.24, 2.45) is 0 Å². The second-order valence-electron chi connectivity index (χ2n) is 5.15. The van der Waals surface area contributed by atoms with E-state index in [1.54, 1.807) is 18.2 Å². The monoisotopic (exact) mass is 353 g/mol. The van der Waals surface area contributed by atoms with Crippen LogP contribution in [0.4, 0.5) is 0 Å². The van der Waals surface area contributed by atoms with E-state index >= 15 is 0 Å². The zero-order chi connectivity index (χ0) is 17.0. The highest BCUT2D eigenvalue weighted by atomic mass is 35.5. The largest absolute Gasteiger partial charge is 0.344 e. The lowest BCUT2D eigenvalue weighted by molar-refractivity contribution is 0.0932. The van der Waals surface area contributed by atoms with Crippen LogP contribution >= 0.6 is 23.2 Å². The molecular weight excluding hydrogens is 337 g/mol. The van der Waals surface area contributed by atoms with Gasteiger partial charge < -0.3 is 5.32 Å². The Morgan fingerprint density at radius 2 is 2.00 bits per heavy atom. The first kappa shape index (κ1) is 17.5. The van der Waals surface area contributed by atoms with Crippen LogP contribution in [0.5, 0.6) is 0 Å². The number of halogens is 2. The lowest BCUT2D eigenvalue weighted by atomic mass is 10.1. The van der Waals surface area contributed by atoms with Gasteiger partial charge in [0.15, 0.2) is 0 Å². The fraction of sp³-hybridized carbons (Fsp3) is 0.312. The van der Waals surface area contributed by atoms with Crippen LogP contribution in [0.1, 0.15) is 42.4 Å². The van der Waals surface area contributed by atoms with E-state index in [9.17, 15) is 9.59 Å². The molecule has 1 unspecified atom stereocenters. The van der Waals surface area contributed by atoms with Crippen LogP contribution in [-0.4, -0.2) is 15.7 Å². The molecule has 23 heavy (non-hydrogen) atoms. The highest BCUT2D eigenvalue weighted by Gasteiger charge is 2.14. The van der Waals surface area contributed by atoms with E-state index < -0.39 is 0 Å². The summed E-state index contributed by atoms with van der Waals surface area (Å²) in [4.78, 5) is 23.9. The van der Waals surface area contributed by atoms with Gasteiger partial charge >= 0.3 is 0 Å². The molecule has 0 aliphatic rings. The van der Waals surface area contributed by atoms with Gasteiger partial charge in [-0.3, -0.25) is 9.59 Å². The third-order valence-electron chi connectivity index (χ3n) is 3.33. The standard InChI is InChI=1S/C16H17Cl2N3O2/c1-3-8-21-15(22)7-6-14(20-21)16(23)19-10(2)11-4-5-12(17)13(18)9-11/h4-7,9-10H,3,8H2,1-2H3,(H,19,23). The maximum atomic E-state index is 12.3. The summed E-state index contributed by atoms with van der Waals surface area (Å²) in [6, 6.07) is 7.68. The van der Waals surface area contributed by atoms with Crippen LogP contribution in [0.25, 0.3) is 0 Å². The molecule has 0 saturated carbocycles. The lowest BCUT2D eigenvalue weighted by Crippen LogP contribution is -2.31. The van der Waals surface area contributed by atoms with E-state index in [1.807, 2.05) is 13.8 Å². The number of amides is 1. The average molecular weight is 354 g/mol. The molecule has 0 bridgehead atoms. The SMILES string of the molecule is CCCn1nc(C(=O)NC(C)c2ccc(Cl)c(Cl)c2)ccc1=O. The summed E-state index contributed by atoms with van der Waals surface area (Å²) < 4.78 is 1.29. The number of nitrogens with one attached hydrogen (secondary N) is 1. The van der Waals surface area contributed by atoms with E-state index in [4.69, 9.17) is 23.2 Å². The van der Waals surface area contributed by atoms with E-state index in [-0.39, 0.29) is 23.2 Å². The van der Waals surface area contributed by atoms with Crippen molar-refractivity contribution < 1.29 is 4.79 Å². The molecule has 0 aliphatic heterocycles. The van der Waals surface area contributed by atoms with Crippen molar-refractivity contribution in [2.75, 3.05) is 0 Å². The molecule has 0 radical (unpaired) electrons. The first-order valence-corrected chi connectivity index (χ1v) is 8.02. The van der Waals surface area contributed by atoms with Crippen molar-refractivity contribution in [3.63, 3.8) is 0 Å². The fourth-order valence-electron chi connectivity index (χ4n) is 2.08. The number of aryl methyl sites for hydroxylation is 1. The lowest BCUT2D eigenvalue weighted by Gasteiger charge is -2.15. The molecule has 1 aromatic heterocycles. The van der Waals surface area contributed by atoms with Crippen LogP contribution in [0, 0.1) is 0 Å². The van der Waals surface area contributed by atoms with E-state index in [2.05, 4.69) is 10.4 Å². The number of carbonyl (C=O) groups excluding carboxylic acids is 1. The second kappa shape index (κ2) is 7.62. The third kappa shape index (κ3) is 4.33. The zero-order valence-electron chi connectivity index (χ0n) is 12.8. The molecule has 1 N–H and O–H groups in total. The van der Waals surface area contributed by atoms with Crippen molar-refractivity contribution in [2.45, 2.75) is 32.9 Å². The molecule has 0 aliphatic carbocycles. The maximum Gasteiger partial charge on any atom is 0.272 e. The molecule has 5 nitrogen and oxygen atoms in total. The fourth-order valence-corrected chi connectivity index (χ4v) is 2.38. The summed E-state index contributed by atoms with van der Waals surface area (Å²) in [5, 5.41) is 7.81. The quantitative estimate of drug-likeness (QED) is 0.895. The van der Waals surface area contributed by atoms with Gasteiger partial charge in [0.1, 0.15) is 5.69 Å². The molecule has 0 fully saturated rings. The summed E-state index contributed by atoms with van der Waals surface area (Å²) >= 11 is 11.9. The number of hydrogen-bond donors (Lipinski definition) is 1. The normalized spacial score (nSPS) is 12.0. The Morgan fingerprint density at radius 3 is 2.65 bits per heavy atom. The summed E-state index contributed by atoms with van der Waals surface area (Å²) in [6.07, 6.45) is 0.762. The number of aromatic nitrogens is 2. The molecule has 1 heterocycles. The second-order valence-corrected chi connectivity index (χ2v) is 5.96. The van der Waals surface area contributed by atoms with Crippen LogP contribution in [0.3, 0.4) is 0 Å². The molecule has 0 spiro atoms. The third-order valence-corrected chi connectivity index (χ3v) is 4.06. The van der Waals surface area contributed by atoms with Crippen LogP contribution in [0.2, 0.25) is 10.0 Å². The number of nitrogens with zero attached hydrogens (tertiary/aromatic N) is 2. The van der Waals surface area contributed by atoms with E-state index in [1.165, 1.54) is 16.8 Å². The van der Waals surface area contributed by atoms with Crippen molar-refractivity contribution in [3.8, 4) is 0 Å². The molecule has 1 atom stereocenters. The van der Waals surface area contributed by atoms with Crippen LogP contribution in [0.15, 0.2) is 35.1 Å². The summed E-state index contributed by atoms with van der Waals surface area (Å²) in [5.41, 5.74) is 0.806. The predicted molar refractivity (Wildman–Crippen MR) is 91.1 cm³/mol. The van der Waals surface area contributed by atoms with Gasteiger partial charge in [-0.05, 0) is 37.1 Å². The minimum absolute atomic E-state index is 0.199. The van der Waals surface area contributed by atoms with Gasteiger partial charge in [0.05, 0.1) is 16.1 Å². The molecule has 1 aromatic carbocycles. The van der Waals surface area contributed by atoms with E-state index in [0.717, 1.165) is 12.0 Å². The van der Waals surface area contributed by atoms with Crippen LogP contribution in [-0.2, 0) is 6.54 Å². The van der Waals surface area contributed by atoms with Crippen molar-refractivity contribution in [3.05, 3.63) is 62.0 Å². The smallest absolute Gasteiger partial charge is 0.272 e. The Balaban J connectivity index is 2.16. The number of carbonyl (C=O) groups is 1. The first-order valence-electron chi connectivity index (χ1n) is 7.26. The summed E-state index contributed by atoms with van der Waals surface area (Å²) in [7, 11) is 0. The molecule has 7 heteroatoms. The Labute approximate surface area is 144 Å². The topological polar surface area (TPSA) is 64.0 Å². The first-order chi connectivity index (χ1) is 10.9. The summed E-state index contributed by atoms with van der Waals surface area (Å²) in [6.45, 7) is 4.25. The number of benzene rings is 1. The minimum Gasteiger partial charge on any atom is -0.344 e. The Kier molecular flexibility index (Phi) is 5.80. The van der Waals surface area contributed by atoms with Gasteiger partial charge in [0.2, 0.25) is 0 Å². The molecule has 0 saturated heterocycles. The van der Waals surface area contributed by atoms with Gasteiger partial charge in [-0.1, -0.05) is 36.2 Å². The predicted octanol–water partition coefficient (Wildman–Crippen LogP) is 3.45. The maximum absolute atomic E-state index is 12.3. The van der Waals surface area contributed by atoms with Gasteiger partial charge in [-0.25, -0.2) is 4.68 Å². The molecule has 2 rings (SSSR count). The van der Waals surface area contributed by atoms with Gasteiger partial charge in [0, 0.05) is 12.6 Å². The van der Waals surface area contributed by atoms with Gasteiger partial charge in [-0.2, -0.15) is 5.10 Å². The number of rotatable bonds is 5. The van der Waals surface area contributed by atoms with Gasteiger partial charge in [-0.15, -0.1) is 0 Å². The van der Waals surface area contributed by atoms with Crippen molar-refractivity contribution in [1.29, 1.82) is 0 Å². The highest BCUT2D eigenvalue weighted by molar-refractivity contribution is 6.42. The Hall–Kier alpha value is -1.85. The molecular formula is C16H17Cl2N3O2. The van der Waals surface area contributed by atoms with Crippen molar-refractivity contribution in [1.82, 2.24) is 15.1 Å². The molecule has 1 amide bonds. The Bertz CT molecular complexity index is 774. The zero-order valence-corrected chi connectivity index (χ0v) is 14.4. The number of hydrogen-bond acceptors (Lipinski definition) is 3. The molecule has 2 aromatic rings. The highest BCUT2D eigenvalue weighted by Crippen LogP contribution is 2.25. The molecule has 122 valence electrons.